The summed E-state index contributed by atoms with van der Waals surface area (Å²) in [5.74, 6) is 0. The van der Waals surface area contributed by atoms with E-state index in [0.29, 0.717) is 0 Å². The Bertz CT molecular complexity index is 551. The van der Waals surface area contributed by atoms with Crippen LogP contribution in [0.15, 0.2) is 60.7 Å². The first-order chi connectivity index (χ1) is 7.43. The Labute approximate surface area is 137 Å². The molecule has 0 radical (unpaired) electrons. The first kappa shape index (κ1) is 12.1. The van der Waals surface area contributed by atoms with Gasteiger partial charge in [-0.15, -0.1) is 11.2 Å². The molecule has 1 heterocycles. The van der Waals surface area contributed by atoms with Crippen molar-refractivity contribution in [2.75, 3.05) is 0 Å². The Morgan fingerprint density at radius 2 is 1.44 bits per heavy atom. The third-order valence-electron chi connectivity index (χ3n) is 2.54. The summed E-state index contributed by atoms with van der Waals surface area (Å²) in [5, 5.41) is 1.20. The Morgan fingerprint density at radius 1 is 0.750 bits per heavy atom. The third-order valence-corrected chi connectivity index (χ3v) is 2.54. The normalized spacial score (nSPS) is 10.0. The molecule has 0 aliphatic carbocycles. The third kappa shape index (κ3) is 2.31. The first-order valence-corrected chi connectivity index (χ1v) is 5.01. The number of benzene rings is 2. The summed E-state index contributed by atoms with van der Waals surface area (Å²) in [4.78, 5) is 4.58. The fourth-order valence-corrected chi connectivity index (χ4v) is 1.78. The van der Waals surface area contributed by atoms with E-state index in [4.69, 9.17) is 0 Å². The van der Waals surface area contributed by atoms with Crippen molar-refractivity contribution in [1.29, 1.82) is 0 Å². The van der Waals surface area contributed by atoms with Gasteiger partial charge in [0.2, 0.25) is 0 Å². The number of para-hydroxylation sites is 1. The zero-order chi connectivity index (χ0) is 10.1. The minimum Gasteiger partial charge on any atom is -0.657 e. The molecular formula is C14H10KN. The Kier molecular flexibility index (Phi) is 4.00. The number of hydrogen-bond donors (Lipinski definition) is 0. The van der Waals surface area contributed by atoms with Gasteiger partial charge in [-0.05, 0) is 10.9 Å². The average molecular weight is 231 g/mol. The molecule has 0 N–H and O–H groups in total. The monoisotopic (exact) mass is 231 g/mol. The van der Waals surface area contributed by atoms with Crippen molar-refractivity contribution in [1.82, 2.24) is 4.98 Å². The molecule has 3 rings (SSSR count). The fraction of sp³-hybridized carbons (Fsp3) is 0. The molecular weight excluding hydrogens is 221 g/mol. The SMILES string of the molecule is [K+].c1ccc(-c2cc3ccccc3[n-]2)cc1. The zero-order valence-corrected chi connectivity index (χ0v) is 12.3. The van der Waals surface area contributed by atoms with E-state index in [-0.39, 0.29) is 51.4 Å². The molecule has 16 heavy (non-hydrogen) atoms. The summed E-state index contributed by atoms with van der Waals surface area (Å²) >= 11 is 0. The van der Waals surface area contributed by atoms with E-state index >= 15 is 0 Å². The second kappa shape index (κ2) is 5.30. The summed E-state index contributed by atoms with van der Waals surface area (Å²) in [7, 11) is 0. The molecule has 0 aliphatic rings. The molecule has 0 atom stereocenters. The van der Waals surface area contributed by atoms with Crippen LogP contribution in [0.5, 0.6) is 0 Å². The maximum atomic E-state index is 4.58. The maximum Gasteiger partial charge on any atom is 1.00 e. The summed E-state index contributed by atoms with van der Waals surface area (Å²) in [6, 6.07) is 20.6. The van der Waals surface area contributed by atoms with Crippen LogP contribution in [0.1, 0.15) is 0 Å². The van der Waals surface area contributed by atoms with Gasteiger partial charge in [0.15, 0.2) is 0 Å². The van der Waals surface area contributed by atoms with Gasteiger partial charge in [-0.1, -0.05) is 60.7 Å². The minimum atomic E-state index is 0. The number of rotatable bonds is 1. The number of nitrogens with zero attached hydrogens (tertiary/aromatic N) is 1. The van der Waals surface area contributed by atoms with Gasteiger partial charge in [-0.25, -0.2) is 0 Å². The van der Waals surface area contributed by atoms with Gasteiger partial charge in [0.25, 0.3) is 0 Å². The predicted octanol–water partition coefficient (Wildman–Crippen LogP) is 0.468. The van der Waals surface area contributed by atoms with E-state index in [0.717, 1.165) is 11.2 Å². The Balaban J connectivity index is 0.000000963. The van der Waals surface area contributed by atoms with Gasteiger partial charge in [-0.3, -0.25) is 0 Å². The minimum absolute atomic E-state index is 0. The molecule has 0 bridgehead atoms. The van der Waals surface area contributed by atoms with Gasteiger partial charge < -0.3 is 4.98 Å². The second-order valence-corrected chi connectivity index (χ2v) is 3.57. The smallest absolute Gasteiger partial charge is 0.657 e. The van der Waals surface area contributed by atoms with E-state index in [1.807, 2.05) is 36.4 Å². The van der Waals surface area contributed by atoms with Crippen molar-refractivity contribution in [3.8, 4) is 11.3 Å². The number of fused-ring (bicyclic) bond motifs is 1. The maximum absolute atomic E-state index is 4.58. The van der Waals surface area contributed by atoms with E-state index in [2.05, 4.69) is 29.2 Å². The molecule has 2 aromatic carbocycles. The first-order valence-electron chi connectivity index (χ1n) is 5.01. The molecule has 0 fully saturated rings. The molecule has 0 aliphatic heterocycles. The standard InChI is InChI=1S/C14H10N.K/c1-2-6-11(7-3-1)14-10-12-8-4-5-9-13(12)15-14;/h1-10H;/q-1;+1. The van der Waals surface area contributed by atoms with Crippen LogP contribution >= 0.6 is 0 Å². The molecule has 0 saturated carbocycles. The Morgan fingerprint density at radius 3 is 2.19 bits per heavy atom. The molecule has 2 heteroatoms. The van der Waals surface area contributed by atoms with Gasteiger partial charge in [0.1, 0.15) is 0 Å². The van der Waals surface area contributed by atoms with Crippen molar-refractivity contribution in [2.24, 2.45) is 0 Å². The van der Waals surface area contributed by atoms with Crippen molar-refractivity contribution in [2.45, 2.75) is 0 Å². The van der Waals surface area contributed by atoms with Crippen molar-refractivity contribution < 1.29 is 51.4 Å². The second-order valence-electron chi connectivity index (χ2n) is 3.57. The van der Waals surface area contributed by atoms with Crippen LogP contribution in [0.4, 0.5) is 0 Å². The molecule has 0 unspecified atom stereocenters. The molecule has 3 aromatic rings. The van der Waals surface area contributed by atoms with Gasteiger partial charge in [-0.2, -0.15) is 0 Å². The van der Waals surface area contributed by atoms with Crippen LogP contribution in [-0.2, 0) is 0 Å². The van der Waals surface area contributed by atoms with Crippen molar-refractivity contribution >= 4 is 10.9 Å². The predicted molar refractivity (Wildman–Crippen MR) is 62.7 cm³/mol. The summed E-state index contributed by atoms with van der Waals surface area (Å²) in [6.07, 6.45) is 0. The Hall–Kier alpha value is -0.384. The molecule has 1 nitrogen and oxygen atoms in total. The number of hydrogen-bond acceptors (Lipinski definition) is 0. The number of aromatic nitrogens is 1. The van der Waals surface area contributed by atoms with Crippen LogP contribution in [-0.4, -0.2) is 0 Å². The zero-order valence-electron chi connectivity index (χ0n) is 9.22. The molecule has 0 saturated heterocycles. The van der Waals surface area contributed by atoms with Crippen LogP contribution < -0.4 is 56.4 Å². The molecule has 1 aromatic heterocycles. The van der Waals surface area contributed by atoms with Gasteiger partial charge in [0, 0.05) is 0 Å². The van der Waals surface area contributed by atoms with Crippen LogP contribution in [0.3, 0.4) is 0 Å². The summed E-state index contributed by atoms with van der Waals surface area (Å²) in [5.41, 5.74) is 3.29. The summed E-state index contributed by atoms with van der Waals surface area (Å²) in [6.45, 7) is 0. The van der Waals surface area contributed by atoms with E-state index in [1.54, 1.807) is 0 Å². The van der Waals surface area contributed by atoms with E-state index < -0.39 is 0 Å². The van der Waals surface area contributed by atoms with E-state index in [9.17, 15) is 0 Å². The molecule has 0 spiro atoms. The van der Waals surface area contributed by atoms with Gasteiger partial charge >= 0.3 is 51.4 Å². The summed E-state index contributed by atoms with van der Waals surface area (Å²) < 4.78 is 0. The average Bonchev–Trinajstić information content (AvgIpc) is 2.74. The van der Waals surface area contributed by atoms with Crippen LogP contribution in [0, 0.1) is 0 Å². The molecule has 0 amide bonds. The fourth-order valence-electron chi connectivity index (χ4n) is 1.78. The topological polar surface area (TPSA) is 14.1 Å². The van der Waals surface area contributed by atoms with Crippen molar-refractivity contribution in [3.63, 3.8) is 0 Å². The van der Waals surface area contributed by atoms with Gasteiger partial charge in [0.05, 0.1) is 0 Å². The van der Waals surface area contributed by atoms with E-state index in [1.165, 1.54) is 10.9 Å². The largest absolute Gasteiger partial charge is 1.00 e. The quantitative estimate of drug-likeness (QED) is 0.555. The molecule has 72 valence electrons. The van der Waals surface area contributed by atoms with Crippen molar-refractivity contribution in [3.05, 3.63) is 60.7 Å². The van der Waals surface area contributed by atoms with Crippen LogP contribution in [0.2, 0.25) is 0 Å². The van der Waals surface area contributed by atoms with Crippen LogP contribution in [0.25, 0.3) is 22.2 Å².